The van der Waals surface area contributed by atoms with Gasteiger partial charge >= 0.3 is 0 Å². The van der Waals surface area contributed by atoms with E-state index in [1.54, 1.807) is 48.5 Å². The Labute approximate surface area is 443 Å². The van der Waals surface area contributed by atoms with E-state index in [2.05, 4.69) is 15.3 Å². The van der Waals surface area contributed by atoms with Crippen LogP contribution in [0, 0.1) is 11.6 Å². The minimum Gasteiger partial charge on any atom is -0.494 e. The quantitative estimate of drug-likeness (QED) is 0.0337. The third kappa shape index (κ3) is 15.3. The van der Waals surface area contributed by atoms with E-state index in [9.17, 15) is 33.4 Å². The summed E-state index contributed by atoms with van der Waals surface area (Å²) in [6.07, 6.45) is 0.706. The largest absolute Gasteiger partial charge is 0.494 e. The average Bonchev–Trinajstić information content (AvgIpc) is 3.43. The maximum absolute atomic E-state index is 13.8. The molecular weight excluding hydrogens is 1020 g/mol. The number of nitrogens with one attached hydrogen (secondary N) is 1. The van der Waals surface area contributed by atoms with Crippen molar-refractivity contribution in [3.8, 4) is 57.0 Å². The third-order valence-electron chi connectivity index (χ3n) is 11.8. The molecule has 6 N–H and O–H groups in total. The van der Waals surface area contributed by atoms with Crippen LogP contribution in [-0.4, -0.2) is 104 Å². The number of Topliss-reactive ketones (excluding diaryl/α,β-unsaturated/α-hetero) is 2. The summed E-state index contributed by atoms with van der Waals surface area (Å²) in [7, 11) is 5.87. The van der Waals surface area contributed by atoms with Crippen LogP contribution < -0.4 is 39.5 Å². The van der Waals surface area contributed by atoms with Crippen LogP contribution in [0.15, 0.2) is 97.1 Å². The maximum atomic E-state index is 13.8. The summed E-state index contributed by atoms with van der Waals surface area (Å²) in [5, 5.41) is 34.4. The van der Waals surface area contributed by atoms with E-state index >= 15 is 0 Å². The number of halogens is 4. The number of carbonyl (C=O) groups is 3. The highest BCUT2D eigenvalue weighted by Crippen LogP contribution is 2.38. The predicted molar refractivity (Wildman–Crippen MR) is 279 cm³/mol. The summed E-state index contributed by atoms with van der Waals surface area (Å²) in [5.41, 5.74) is 5.43. The molecule has 0 radical (unpaired) electrons. The smallest absolute Gasteiger partial charge is 0.216 e. The number of methoxy groups -OCH3 is 4. The molecule has 0 aliphatic rings. The van der Waals surface area contributed by atoms with Gasteiger partial charge in [0.25, 0.3) is 0 Å². The van der Waals surface area contributed by atoms with Gasteiger partial charge in [0.15, 0.2) is 34.6 Å². The Morgan fingerprint density at radius 1 is 0.613 bits per heavy atom. The van der Waals surface area contributed by atoms with Crippen LogP contribution in [0.4, 0.5) is 8.78 Å². The Bertz CT molecular complexity index is 2950. The summed E-state index contributed by atoms with van der Waals surface area (Å²) in [6.45, 7) is 3.36. The minimum absolute atomic E-state index is 0.0113. The van der Waals surface area contributed by atoms with Gasteiger partial charge in [0, 0.05) is 48.6 Å². The molecular formula is C55H60Cl2F2N4O12. The Balaban J connectivity index is 0.000000278. The maximum Gasteiger partial charge on any atom is 0.216 e. The van der Waals surface area contributed by atoms with E-state index in [0.29, 0.717) is 74.7 Å². The number of pyridine rings is 2. The number of aliphatic hydroxyl groups excluding tert-OH is 1. The van der Waals surface area contributed by atoms with Crippen molar-refractivity contribution >= 4 is 40.7 Å². The SMILES string of the molecule is CCCOc1ccc(C(=O)CCC(O)(CN)c2ccc(OC)c(-c3ccc(F)c(Cl)c3)n2)cc1OC.COc1cc(C(=O)CCC(O)(CNC(C)=O)c2ccc(OC)c(-c3ccc(F)c(Cl)c3)n2)ccc1OCCO. The van der Waals surface area contributed by atoms with Crippen molar-refractivity contribution in [2.24, 2.45) is 5.73 Å². The molecule has 16 nitrogen and oxygen atoms in total. The number of amides is 1. The van der Waals surface area contributed by atoms with Crippen molar-refractivity contribution in [2.75, 3.05) is 61.3 Å². The number of aromatic nitrogens is 2. The molecule has 0 fully saturated rings. The van der Waals surface area contributed by atoms with Crippen LogP contribution in [0.1, 0.15) is 78.1 Å². The number of aliphatic hydroxyl groups is 3. The zero-order chi connectivity index (χ0) is 54.9. The number of benzene rings is 4. The summed E-state index contributed by atoms with van der Waals surface area (Å²) in [6, 6.07) is 24.2. The number of nitrogens with zero attached hydrogens (tertiary/aromatic N) is 2. The fraction of sp³-hybridized carbons (Fsp3) is 0.327. The molecule has 0 saturated heterocycles. The Morgan fingerprint density at radius 3 is 1.44 bits per heavy atom. The second kappa shape index (κ2) is 27.6. The zero-order valence-electron chi connectivity index (χ0n) is 42.3. The second-order valence-electron chi connectivity index (χ2n) is 16.9. The molecule has 75 heavy (non-hydrogen) atoms. The lowest BCUT2D eigenvalue weighted by Crippen LogP contribution is -2.41. The first-order valence-corrected chi connectivity index (χ1v) is 24.3. The Hall–Kier alpha value is -6.93. The van der Waals surface area contributed by atoms with Gasteiger partial charge in [-0.25, -0.2) is 18.7 Å². The first kappa shape index (κ1) is 59.0. The molecule has 0 saturated carbocycles. The molecule has 1 amide bonds. The number of ketones is 2. The molecule has 2 heterocycles. The highest BCUT2D eigenvalue weighted by atomic mass is 35.5. The van der Waals surface area contributed by atoms with Gasteiger partial charge in [-0.05, 0) is 116 Å². The molecule has 0 spiro atoms. The number of rotatable bonds is 25. The minimum atomic E-state index is -1.74. The molecule has 2 aromatic heterocycles. The van der Waals surface area contributed by atoms with Crippen LogP contribution in [-0.2, 0) is 16.0 Å². The molecule has 20 heteroatoms. The van der Waals surface area contributed by atoms with Crippen molar-refractivity contribution in [1.29, 1.82) is 0 Å². The van der Waals surface area contributed by atoms with E-state index in [1.165, 1.54) is 83.9 Å². The number of hydrogen-bond acceptors (Lipinski definition) is 15. The van der Waals surface area contributed by atoms with Gasteiger partial charge in [-0.1, -0.05) is 30.1 Å². The molecule has 2 atom stereocenters. The van der Waals surface area contributed by atoms with Crippen LogP contribution in [0.5, 0.6) is 34.5 Å². The van der Waals surface area contributed by atoms with E-state index in [4.69, 9.17) is 62.5 Å². The summed E-state index contributed by atoms with van der Waals surface area (Å²) in [4.78, 5) is 46.9. The van der Waals surface area contributed by atoms with Crippen molar-refractivity contribution in [2.45, 2.75) is 57.2 Å². The van der Waals surface area contributed by atoms with E-state index in [-0.39, 0.29) is 90.9 Å². The van der Waals surface area contributed by atoms with E-state index in [0.717, 1.165) is 6.42 Å². The molecule has 0 aliphatic carbocycles. The van der Waals surface area contributed by atoms with Gasteiger partial charge in [-0.3, -0.25) is 14.4 Å². The fourth-order valence-electron chi connectivity index (χ4n) is 7.57. The summed E-state index contributed by atoms with van der Waals surface area (Å²) in [5.74, 6) is 0.473. The molecule has 0 aliphatic heterocycles. The van der Waals surface area contributed by atoms with Gasteiger partial charge in [0.2, 0.25) is 5.91 Å². The van der Waals surface area contributed by atoms with Gasteiger partial charge in [0.05, 0.1) is 69.6 Å². The van der Waals surface area contributed by atoms with Crippen molar-refractivity contribution in [1.82, 2.24) is 15.3 Å². The van der Waals surface area contributed by atoms with Crippen LogP contribution in [0.25, 0.3) is 22.5 Å². The van der Waals surface area contributed by atoms with Gasteiger partial charge in [-0.15, -0.1) is 0 Å². The van der Waals surface area contributed by atoms with Gasteiger partial charge in [-0.2, -0.15) is 0 Å². The number of nitrogens with two attached hydrogens (primary N) is 1. The average molecular weight is 1080 g/mol. The Morgan fingerprint density at radius 2 is 1.04 bits per heavy atom. The van der Waals surface area contributed by atoms with Crippen molar-refractivity contribution in [3.63, 3.8) is 0 Å². The summed E-state index contributed by atoms with van der Waals surface area (Å²) < 4.78 is 59.9. The lowest BCUT2D eigenvalue weighted by molar-refractivity contribution is -0.120. The molecule has 400 valence electrons. The first-order valence-electron chi connectivity index (χ1n) is 23.6. The highest BCUT2D eigenvalue weighted by molar-refractivity contribution is 6.31. The van der Waals surface area contributed by atoms with Crippen molar-refractivity contribution in [3.05, 3.63) is 141 Å². The van der Waals surface area contributed by atoms with Gasteiger partial charge in [0.1, 0.15) is 52.3 Å². The lowest BCUT2D eigenvalue weighted by atomic mass is 9.90. The topological polar surface area (TPSA) is 231 Å². The van der Waals surface area contributed by atoms with Gasteiger partial charge < -0.3 is 54.8 Å². The predicted octanol–water partition coefficient (Wildman–Crippen LogP) is 9.07. The number of hydrogen-bond donors (Lipinski definition) is 5. The van der Waals surface area contributed by atoms with E-state index in [1.807, 2.05) is 6.92 Å². The summed E-state index contributed by atoms with van der Waals surface area (Å²) >= 11 is 11.9. The first-order chi connectivity index (χ1) is 35.9. The second-order valence-corrected chi connectivity index (χ2v) is 17.7. The molecule has 2 unspecified atom stereocenters. The fourth-order valence-corrected chi connectivity index (χ4v) is 7.93. The van der Waals surface area contributed by atoms with Crippen molar-refractivity contribution < 1.29 is 66.9 Å². The molecule has 4 aromatic carbocycles. The zero-order valence-corrected chi connectivity index (χ0v) is 43.8. The monoisotopic (exact) mass is 1080 g/mol. The molecule has 6 rings (SSSR count). The van der Waals surface area contributed by atoms with Crippen LogP contribution in [0.3, 0.4) is 0 Å². The highest BCUT2D eigenvalue weighted by Gasteiger charge is 2.34. The number of carbonyl (C=O) groups excluding carboxylic acids is 3. The van der Waals surface area contributed by atoms with E-state index < -0.39 is 22.8 Å². The standard InChI is InChI=1S/C28H30ClFN2O7.C27H30ClFN2O5/c1-17(34)31-16-28(36,11-10-22(35)18-5-7-23(39-13-12-33)25(15-18)38-3)26-9-8-24(37-2)27(32-26)19-4-6-21(30)20(29)14-19;1-4-13-36-22-8-6-17(15-24(22)35-3)21(32)11-12-27(33,16-30)25-10-9-23(34-2)26(31-25)18-5-7-20(29)19(28)14-18/h4-9,14-15,33,36H,10-13,16H2,1-3H3,(H,31,34);5-10,14-15,33H,4,11-13,16,30H2,1-3H3. The normalized spacial score (nSPS) is 12.5. The Kier molecular flexibility index (Phi) is 21.7. The van der Waals surface area contributed by atoms with Crippen LogP contribution in [0.2, 0.25) is 10.0 Å². The number of ether oxygens (including phenoxy) is 6. The third-order valence-corrected chi connectivity index (χ3v) is 12.4. The lowest BCUT2D eigenvalue weighted by Gasteiger charge is -2.28. The molecule has 6 aromatic rings. The molecule has 0 bridgehead atoms. The van der Waals surface area contributed by atoms with Crippen LogP contribution >= 0.6 is 23.2 Å².